The summed E-state index contributed by atoms with van der Waals surface area (Å²) >= 11 is 0. The van der Waals surface area contributed by atoms with Crippen molar-refractivity contribution in [2.45, 2.75) is 33.2 Å². The van der Waals surface area contributed by atoms with Gasteiger partial charge in [-0.25, -0.2) is 0 Å². The lowest BCUT2D eigenvalue weighted by molar-refractivity contribution is -0.133. The molecule has 0 heterocycles. The fraction of sp³-hybridized carbons (Fsp3) is 0.500. The van der Waals surface area contributed by atoms with E-state index in [1.165, 1.54) is 11.1 Å². The third-order valence-electron chi connectivity index (χ3n) is 1.78. The Morgan fingerprint density at radius 2 is 1.87 bits per heavy atom. The van der Waals surface area contributed by atoms with Crippen LogP contribution in [0.2, 0.25) is 0 Å². The lowest BCUT2D eigenvalue weighted by Gasteiger charge is -2.21. The molecule has 0 aromatic carbocycles. The first-order valence-electron chi connectivity index (χ1n) is 4.73. The fourth-order valence-electron chi connectivity index (χ4n) is 0.956. The maximum atomic E-state index is 11.4. The Morgan fingerprint density at radius 1 is 1.33 bits per heavy atom. The zero-order valence-electron chi connectivity index (χ0n) is 9.19. The second-order valence-corrected chi connectivity index (χ2v) is 3.29. The van der Waals surface area contributed by atoms with Gasteiger partial charge in [-0.15, -0.1) is 0 Å². The molecule has 0 saturated carbocycles. The SMILES string of the molecule is CCC(=O)N(/C=C/C(=O)C(N)=O)C(C)C. The zero-order valence-corrected chi connectivity index (χ0v) is 9.19. The molecule has 0 fully saturated rings. The number of rotatable bonds is 5. The molecule has 2 amide bonds. The zero-order chi connectivity index (χ0) is 12.0. The molecule has 5 nitrogen and oxygen atoms in total. The van der Waals surface area contributed by atoms with E-state index in [1.54, 1.807) is 6.92 Å². The van der Waals surface area contributed by atoms with Crippen molar-refractivity contribution in [2.24, 2.45) is 5.73 Å². The van der Waals surface area contributed by atoms with E-state index in [0.29, 0.717) is 6.42 Å². The van der Waals surface area contributed by atoms with Crippen LogP contribution in [0.3, 0.4) is 0 Å². The van der Waals surface area contributed by atoms with Crippen molar-refractivity contribution in [3.8, 4) is 0 Å². The number of hydrogen-bond donors (Lipinski definition) is 1. The van der Waals surface area contributed by atoms with Gasteiger partial charge in [-0.3, -0.25) is 14.4 Å². The maximum absolute atomic E-state index is 11.4. The molecule has 0 aliphatic rings. The predicted molar refractivity (Wildman–Crippen MR) is 55.6 cm³/mol. The van der Waals surface area contributed by atoms with Crippen molar-refractivity contribution in [3.63, 3.8) is 0 Å². The summed E-state index contributed by atoms with van der Waals surface area (Å²) in [7, 11) is 0. The molecular weight excluding hydrogens is 196 g/mol. The highest BCUT2D eigenvalue weighted by Gasteiger charge is 2.13. The van der Waals surface area contributed by atoms with Gasteiger partial charge in [-0.05, 0) is 13.8 Å². The summed E-state index contributed by atoms with van der Waals surface area (Å²) in [5.74, 6) is -1.96. The van der Waals surface area contributed by atoms with E-state index in [4.69, 9.17) is 5.73 Å². The Bertz CT molecular complexity index is 295. The van der Waals surface area contributed by atoms with Crippen LogP contribution in [0.5, 0.6) is 0 Å². The summed E-state index contributed by atoms with van der Waals surface area (Å²) in [4.78, 5) is 34.1. The van der Waals surface area contributed by atoms with Crippen molar-refractivity contribution in [2.75, 3.05) is 0 Å². The maximum Gasteiger partial charge on any atom is 0.289 e. The Balaban J connectivity index is 4.62. The summed E-state index contributed by atoms with van der Waals surface area (Å²) in [6.45, 7) is 5.35. The van der Waals surface area contributed by atoms with E-state index < -0.39 is 11.7 Å². The van der Waals surface area contributed by atoms with Crippen molar-refractivity contribution < 1.29 is 14.4 Å². The molecule has 0 rings (SSSR count). The number of primary amides is 1. The molecule has 0 bridgehead atoms. The van der Waals surface area contributed by atoms with Crippen LogP contribution in [-0.4, -0.2) is 28.5 Å². The predicted octanol–water partition coefficient (Wildman–Crippen LogP) is 0.201. The largest absolute Gasteiger partial charge is 0.363 e. The molecule has 0 atom stereocenters. The summed E-state index contributed by atoms with van der Waals surface area (Å²) in [6.07, 6.45) is 2.65. The topological polar surface area (TPSA) is 80.5 Å². The molecule has 2 N–H and O–H groups in total. The van der Waals surface area contributed by atoms with Crippen LogP contribution in [0.1, 0.15) is 27.2 Å². The van der Waals surface area contributed by atoms with Crippen molar-refractivity contribution in [1.29, 1.82) is 0 Å². The number of amides is 2. The van der Waals surface area contributed by atoms with Gasteiger partial charge in [0.25, 0.3) is 5.91 Å². The lowest BCUT2D eigenvalue weighted by atomic mass is 10.3. The van der Waals surface area contributed by atoms with Gasteiger partial charge < -0.3 is 10.6 Å². The van der Waals surface area contributed by atoms with Gasteiger partial charge in [-0.1, -0.05) is 6.92 Å². The van der Waals surface area contributed by atoms with E-state index in [2.05, 4.69) is 0 Å². The van der Waals surface area contributed by atoms with Crippen LogP contribution in [0.4, 0.5) is 0 Å². The Kier molecular flexibility index (Phi) is 5.30. The van der Waals surface area contributed by atoms with Crippen molar-refractivity contribution in [1.82, 2.24) is 4.90 Å². The molecule has 0 aliphatic heterocycles. The number of carbonyl (C=O) groups is 3. The molecule has 15 heavy (non-hydrogen) atoms. The number of ketones is 1. The van der Waals surface area contributed by atoms with E-state index in [-0.39, 0.29) is 11.9 Å². The molecule has 0 radical (unpaired) electrons. The number of nitrogens with two attached hydrogens (primary N) is 1. The number of hydrogen-bond acceptors (Lipinski definition) is 3. The Labute approximate surface area is 88.9 Å². The highest BCUT2D eigenvalue weighted by molar-refractivity contribution is 6.40. The third-order valence-corrected chi connectivity index (χ3v) is 1.78. The summed E-state index contributed by atoms with van der Waals surface area (Å²) in [5.41, 5.74) is 4.76. The highest BCUT2D eigenvalue weighted by Crippen LogP contribution is 2.02. The van der Waals surface area contributed by atoms with Gasteiger partial charge in [-0.2, -0.15) is 0 Å². The van der Waals surface area contributed by atoms with E-state index in [0.717, 1.165) is 6.08 Å². The number of carbonyl (C=O) groups excluding carboxylic acids is 3. The molecule has 5 heteroatoms. The lowest BCUT2D eigenvalue weighted by Crippen LogP contribution is -2.32. The minimum atomic E-state index is -1.03. The summed E-state index contributed by atoms with van der Waals surface area (Å²) in [6, 6.07) is -0.0608. The number of nitrogens with zero attached hydrogens (tertiary/aromatic N) is 1. The first kappa shape index (κ1) is 13.4. The van der Waals surface area contributed by atoms with Crippen LogP contribution in [0.25, 0.3) is 0 Å². The fourth-order valence-corrected chi connectivity index (χ4v) is 0.956. The Hall–Kier alpha value is -1.65. The first-order chi connectivity index (χ1) is 6.90. The van der Waals surface area contributed by atoms with Crippen LogP contribution < -0.4 is 5.73 Å². The third kappa shape index (κ3) is 4.39. The van der Waals surface area contributed by atoms with E-state index in [1.807, 2.05) is 13.8 Å². The minimum absolute atomic E-state index is 0.0608. The molecule has 0 unspecified atom stereocenters. The summed E-state index contributed by atoms with van der Waals surface area (Å²) in [5, 5.41) is 0. The van der Waals surface area contributed by atoms with Crippen LogP contribution in [0, 0.1) is 0 Å². The summed E-state index contributed by atoms with van der Waals surface area (Å²) < 4.78 is 0. The molecule has 0 aliphatic carbocycles. The Morgan fingerprint density at radius 3 is 2.20 bits per heavy atom. The average Bonchev–Trinajstić information content (AvgIpc) is 2.16. The molecule has 0 aromatic rings. The standard InChI is InChI=1S/C10H16N2O3/c1-4-9(14)12(7(2)3)6-5-8(13)10(11)15/h5-7H,4H2,1-3H3,(H2,11,15)/b6-5+. The van der Waals surface area contributed by atoms with Crippen molar-refractivity contribution >= 4 is 17.6 Å². The van der Waals surface area contributed by atoms with Crippen LogP contribution in [0.15, 0.2) is 12.3 Å². The molecular formula is C10H16N2O3. The first-order valence-corrected chi connectivity index (χ1v) is 4.73. The van der Waals surface area contributed by atoms with Gasteiger partial charge >= 0.3 is 0 Å². The minimum Gasteiger partial charge on any atom is -0.363 e. The average molecular weight is 212 g/mol. The smallest absolute Gasteiger partial charge is 0.289 e. The van der Waals surface area contributed by atoms with Gasteiger partial charge in [0.1, 0.15) is 0 Å². The molecule has 0 aromatic heterocycles. The van der Waals surface area contributed by atoms with Gasteiger partial charge in [0.15, 0.2) is 0 Å². The van der Waals surface area contributed by atoms with Crippen molar-refractivity contribution in [3.05, 3.63) is 12.3 Å². The van der Waals surface area contributed by atoms with Gasteiger partial charge in [0.2, 0.25) is 11.7 Å². The monoisotopic (exact) mass is 212 g/mol. The van der Waals surface area contributed by atoms with Crippen LogP contribution >= 0.6 is 0 Å². The molecule has 84 valence electrons. The van der Waals surface area contributed by atoms with E-state index >= 15 is 0 Å². The van der Waals surface area contributed by atoms with Crippen LogP contribution in [-0.2, 0) is 14.4 Å². The van der Waals surface area contributed by atoms with E-state index in [9.17, 15) is 14.4 Å². The molecule has 0 spiro atoms. The van der Waals surface area contributed by atoms with Gasteiger partial charge in [0, 0.05) is 24.7 Å². The normalized spacial score (nSPS) is 10.7. The van der Waals surface area contributed by atoms with Gasteiger partial charge in [0.05, 0.1) is 0 Å². The quantitative estimate of drug-likeness (QED) is 0.522. The highest BCUT2D eigenvalue weighted by atomic mass is 16.2. The second kappa shape index (κ2) is 5.95. The second-order valence-electron chi connectivity index (χ2n) is 3.29. The molecule has 0 saturated heterocycles.